The molecule has 0 aliphatic carbocycles. The highest BCUT2D eigenvalue weighted by atomic mass is 16.5. The minimum absolute atomic E-state index is 0.739. The fourth-order valence-corrected chi connectivity index (χ4v) is 2.10. The fraction of sp³-hybridized carbons (Fsp3) is 0.647. The van der Waals surface area contributed by atoms with Crippen molar-refractivity contribution in [3.05, 3.63) is 30.3 Å². The minimum Gasteiger partial charge on any atom is -0.494 e. The second-order valence-corrected chi connectivity index (χ2v) is 5.46. The third-order valence-corrected chi connectivity index (χ3v) is 3.68. The van der Waals surface area contributed by atoms with E-state index in [2.05, 4.69) is 26.1 Å². The molecule has 0 saturated heterocycles. The van der Waals surface area contributed by atoms with Crippen LogP contribution in [0.25, 0.3) is 0 Å². The number of ether oxygens (including phenoxy) is 1. The number of nitrogens with one attached hydrogen (secondary N) is 1. The summed E-state index contributed by atoms with van der Waals surface area (Å²) in [4.78, 5) is 0. The topological polar surface area (TPSA) is 21.3 Å². The molecule has 2 heteroatoms. The first-order valence-electron chi connectivity index (χ1n) is 7.62. The van der Waals surface area contributed by atoms with Crippen LogP contribution in [0.5, 0.6) is 5.75 Å². The van der Waals surface area contributed by atoms with Crippen molar-refractivity contribution in [2.24, 2.45) is 11.8 Å². The summed E-state index contributed by atoms with van der Waals surface area (Å²) >= 11 is 0. The molecule has 1 aromatic rings. The van der Waals surface area contributed by atoms with Crippen molar-refractivity contribution in [1.29, 1.82) is 0 Å². The first-order chi connectivity index (χ1) is 9.24. The molecule has 1 rings (SSSR count). The Balaban J connectivity index is 2.08. The van der Waals surface area contributed by atoms with Crippen LogP contribution in [0.4, 0.5) is 0 Å². The molecule has 0 bridgehead atoms. The average molecular weight is 263 g/mol. The molecule has 19 heavy (non-hydrogen) atoms. The van der Waals surface area contributed by atoms with E-state index in [1.54, 1.807) is 0 Å². The summed E-state index contributed by atoms with van der Waals surface area (Å²) in [5, 5.41) is 3.50. The summed E-state index contributed by atoms with van der Waals surface area (Å²) in [6.07, 6.45) is 3.59. The van der Waals surface area contributed by atoms with E-state index in [-0.39, 0.29) is 0 Å². The van der Waals surface area contributed by atoms with Gasteiger partial charge in [-0.25, -0.2) is 0 Å². The maximum absolute atomic E-state index is 5.72. The zero-order chi connectivity index (χ0) is 13.9. The molecule has 0 heterocycles. The number of hydrogen-bond donors (Lipinski definition) is 1. The van der Waals surface area contributed by atoms with Gasteiger partial charge in [-0.3, -0.25) is 0 Å². The molecule has 0 aliphatic heterocycles. The summed E-state index contributed by atoms with van der Waals surface area (Å²) < 4.78 is 5.72. The Morgan fingerprint density at radius 3 is 2.53 bits per heavy atom. The van der Waals surface area contributed by atoms with Crippen LogP contribution in [0.3, 0.4) is 0 Å². The molecule has 0 aromatic heterocycles. The molecule has 2 unspecified atom stereocenters. The Kier molecular flexibility index (Phi) is 8.31. The van der Waals surface area contributed by atoms with Crippen molar-refractivity contribution in [2.45, 2.75) is 40.0 Å². The van der Waals surface area contributed by atoms with Crippen molar-refractivity contribution < 1.29 is 4.74 Å². The molecule has 1 N–H and O–H groups in total. The number of benzene rings is 1. The smallest absolute Gasteiger partial charge is 0.119 e. The second kappa shape index (κ2) is 9.85. The lowest BCUT2D eigenvalue weighted by molar-refractivity contribution is 0.272. The Hall–Kier alpha value is -1.02. The van der Waals surface area contributed by atoms with Gasteiger partial charge < -0.3 is 10.1 Å². The number of hydrogen-bond acceptors (Lipinski definition) is 2. The average Bonchev–Trinajstić information content (AvgIpc) is 2.44. The van der Waals surface area contributed by atoms with Crippen LogP contribution in [0.2, 0.25) is 0 Å². The molecule has 108 valence electrons. The predicted octanol–water partition coefficient (Wildman–Crippen LogP) is 4.12. The van der Waals surface area contributed by atoms with Crippen molar-refractivity contribution in [3.8, 4) is 5.75 Å². The zero-order valence-corrected chi connectivity index (χ0v) is 12.7. The quantitative estimate of drug-likeness (QED) is 0.641. The van der Waals surface area contributed by atoms with Crippen molar-refractivity contribution in [3.63, 3.8) is 0 Å². The summed E-state index contributed by atoms with van der Waals surface area (Å²) in [5.74, 6) is 2.47. The van der Waals surface area contributed by atoms with Crippen LogP contribution >= 0.6 is 0 Å². The Labute approximate surface area is 118 Å². The van der Waals surface area contributed by atoms with Crippen molar-refractivity contribution in [1.82, 2.24) is 5.32 Å². The van der Waals surface area contributed by atoms with Crippen LogP contribution in [-0.2, 0) is 0 Å². The number of para-hydroxylation sites is 1. The third-order valence-electron chi connectivity index (χ3n) is 3.68. The summed E-state index contributed by atoms with van der Waals surface area (Å²) in [6.45, 7) is 9.99. The van der Waals surface area contributed by atoms with E-state index in [1.807, 2.05) is 30.3 Å². The fourth-order valence-electron chi connectivity index (χ4n) is 2.10. The van der Waals surface area contributed by atoms with E-state index < -0.39 is 0 Å². The highest BCUT2D eigenvalue weighted by Crippen LogP contribution is 2.17. The summed E-state index contributed by atoms with van der Waals surface area (Å²) in [6, 6.07) is 10.1. The zero-order valence-electron chi connectivity index (χ0n) is 12.7. The van der Waals surface area contributed by atoms with Gasteiger partial charge in [-0.1, -0.05) is 39.0 Å². The molecular formula is C17H29NO. The maximum atomic E-state index is 5.72. The van der Waals surface area contributed by atoms with Gasteiger partial charge in [-0.05, 0) is 56.3 Å². The highest BCUT2D eigenvalue weighted by Gasteiger charge is 2.11. The van der Waals surface area contributed by atoms with Crippen LogP contribution in [0, 0.1) is 11.8 Å². The van der Waals surface area contributed by atoms with Gasteiger partial charge >= 0.3 is 0 Å². The van der Waals surface area contributed by atoms with Gasteiger partial charge in [0.25, 0.3) is 0 Å². The van der Waals surface area contributed by atoms with Gasteiger partial charge in [0.1, 0.15) is 5.75 Å². The molecule has 0 spiro atoms. The Morgan fingerprint density at radius 1 is 1.11 bits per heavy atom. The second-order valence-electron chi connectivity index (χ2n) is 5.46. The first kappa shape index (κ1) is 16.0. The van der Waals surface area contributed by atoms with Crippen LogP contribution in [0.15, 0.2) is 30.3 Å². The lowest BCUT2D eigenvalue weighted by Crippen LogP contribution is -2.26. The van der Waals surface area contributed by atoms with Crippen LogP contribution in [-0.4, -0.2) is 19.7 Å². The third kappa shape index (κ3) is 7.22. The molecule has 0 fully saturated rings. The standard InChI is InChI=1S/C17H29NO/c1-4-12-18-14-16(3)15(2)9-8-13-19-17-10-6-5-7-11-17/h5-7,10-11,15-16,18H,4,8-9,12-14H2,1-3H3. The summed E-state index contributed by atoms with van der Waals surface area (Å²) in [7, 11) is 0. The van der Waals surface area contributed by atoms with Gasteiger partial charge in [0.2, 0.25) is 0 Å². The molecule has 2 atom stereocenters. The van der Waals surface area contributed by atoms with Gasteiger partial charge in [-0.2, -0.15) is 0 Å². The van der Waals surface area contributed by atoms with E-state index in [9.17, 15) is 0 Å². The Morgan fingerprint density at radius 2 is 1.84 bits per heavy atom. The predicted molar refractivity (Wildman–Crippen MR) is 82.7 cm³/mol. The Bertz CT molecular complexity index is 312. The molecule has 0 saturated carbocycles. The minimum atomic E-state index is 0.739. The van der Waals surface area contributed by atoms with E-state index >= 15 is 0 Å². The van der Waals surface area contributed by atoms with Crippen LogP contribution in [0.1, 0.15) is 40.0 Å². The SMILES string of the molecule is CCCNCC(C)C(C)CCCOc1ccccc1. The van der Waals surface area contributed by atoms with Crippen molar-refractivity contribution >= 4 is 0 Å². The maximum Gasteiger partial charge on any atom is 0.119 e. The first-order valence-corrected chi connectivity index (χ1v) is 7.62. The van der Waals surface area contributed by atoms with Gasteiger partial charge in [0.05, 0.1) is 6.61 Å². The lowest BCUT2D eigenvalue weighted by Gasteiger charge is -2.20. The molecule has 0 radical (unpaired) electrons. The van der Waals surface area contributed by atoms with Gasteiger partial charge in [-0.15, -0.1) is 0 Å². The normalized spacial score (nSPS) is 14.1. The monoisotopic (exact) mass is 263 g/mol. The molecule has 0 amide bonds. The summed E-state index contributed by atoms with van der Waals surface area (Å²) in [5.41, 5.74) is 0. The van der Waals surface area contributed by atoms with Gasteiger partial charge in [0, 0.05) is 0 Å². The van der Waals surface area contributed by atoms with Crippen molar-refractivity contribution in [2.75, 3.05) is 19.7 Å². The molecular weight excluding hydrogens is 234 g/mol. The van der Waals surface area contributed by atoms with E-state index in [0.717, 1.165) is 43.7 Å². The highest BCUT2D eigenvalue weighted by molar-refractivity contribution is 5.20. The molecule has 1 aromatic carbocycles. The van der Waals surface area contributed by atoms with Crippen LogP contribution < -0.4 is 10.1 Å². The van der Waals surface area contributed by atoms with E-state index in [0.29, 0.717) is 0 Å². The molecule has 2 nitrogen and oxygen atoms in total. The van der Waals surface area contributed by atoms with E-state index in [1.165, 1.54) is 12.8 Å². The van der Waals surface area contributed by atoms with Gasteiger partial charge in [0.15, 0.2) is 0 Å². The largest absolute Gasteiger partial charge is 0.494 e. The lowest BCUT2D eigenvalue weighted by atomic mass is 9.91. The molecule has 0 aliphatic rings. The number of rotatable bonds is 10. The van der Waals surface area contributed by atoms with E-state index in [4.69, 9.17) is 4.74 Å².